The SMILES string of the molecule is CN(Cc1cccc(F)c1)C(=O)CS(=O)(=O)Cc1nnnn1-c1ccccc1. The van der Waals surface area contributed by atoms with E-state index >= 15 is 0 Å². The second kappa shape index (κ2) is 8.26. The van der Waals surface area contributed by atoms with Gasteiger partial charge in [0, 0.05) is 13.6 Å². The van der Waals surface area contributed by atoms with Gasteiger partial charge in [-0.1, -0.05) is 30.3 Å². The molecule has 0 unspecified atom stereocenters. The highest BCUT2D eigenvalue weighted by Crippen LogP contribution is 2.11. The highest BCUT2D eigenvalue weighted by atomic mass is 32.2. The van der Waals surface area contributed by atoms with Crippen molar-refractivity contribution in [1.82, 2.24) is 25.1 Å². The fourth-order valence-corrected chi connectivity index (χ4v) is 3.88. The van der Waals surface area contributed by atoms with Crippen molar-refractivity contribution in [3.63, 3.8) is 0 Å². The third-order valence-electron chi connectivity index (χ3n) is 3.96. The number of rotatable bonds is 7. The number of hydrogen-bond acceptors (Lipinski definition) is 6. The fourth-order valence-electron chi connectivity index (χ4n) is 2.61. The maximum absolute atomic E-state index is 13.3. The predicted octanol–water partition coefficient (Wildman–Crippen LogP) is 1.37. The Morgan fingerprint density at radius 2 is 1.89 bits per heavy atom. The van der Waals surface area contributed by atoms with Crippen molar-refractivity contribution < 1.29 is 17.6 Å². The first-order valence-electron chi connectivity index (χ1n) is 8.35. The van der Waals surface area contributed by atoms with Crippen LogP contribution in [0.5, 0.6) is 0 Å². The van der Waals surface area contributed by atoms with Crippen LogP contribution in [0.2, 0.25) is 0 Å². The van der Waals surface area contributed by atoms with Crippen molar-refractivity contribution >= 4 is 15.7 Å². The lowest BCUT2D eigenvalue weighted by molar-refractivity contribution is -0.127. The Balaban J connectivity index is 1.67. The number of sulfone groups is 1. The van der Waals surface area contributed by atoms with Crippen LogP contribution in [-0.2, 0) is 26.9 Å². The van der Waals surface area contributed by atoms with E-state index in [4.69, 9.17) is 0 Å². The predicted molar refractivity (Wildman–Crippen MR) is 99.5 cm³/mol. The number of para-hydroxylation sites is 1. The average Bonchev–Trinajstić information content (AvgIpc) is 3.09. The van der Waals surface area contributed by atoms with Crippen molar-refractivity contribution in [3.05, 3.63) is 71.8 Å². The first kappa shape index (κ1) is 19.6. The van der Waals surface area contributed by atoms with Gasteiger partial charge >= 0.3 is 0 Å². The summed E-state index contributed by atoms with van der Waals surface area (Å²) in [6, 6.07) is 14.6. The van der Waals surface area contributed by atoms with Gasteiger partial charge in [0.05, 0.1) is 5.69 Å². The average molecular weight is 403 g/mol. The minimum absolute atomic E-state index is 0.105. The Kier molecular flexibility index (Phi) is 5.78. The fraction of sp³-hybridized carbons (Fsp3) is 0.222. The van der Waals surface area contributed by atoms with Gasteiger partial charge < -0.3 is 4.90 Å². The molecule has 0 saturated heterocycles. The molecule has 0 spiro atoms. The van der Waals surface area contributed by atoms with Gasteiger partial charge in [0.25, 0.3) is 0 Å². The van der Waals surface area contributed by atoms with Crippen molar-refractivity contribution in [2.75, 3.05) is 12.8 Å². The second-order valence-corrected chi connectivity index (χ2v) is 8.32. The highest BCUT2D eigenvalue weighted by molar-refractivity contribution is 7.91. The lowest BCUT2D eigenvalue weighted by atomic mass is 10.2. The molecule has 0 aliphatic rings. The largest absolute Gasteiger partial charge is 0.341 e. The lowest BCUT2D eigenvalue weighted by Gasteiger charge is -2.17. The zero-order valence-electron chi connectivity index (χ0n) is 15.1. The number of amides is 1. The van der Waals surface area contributed by atoms with E-state index in [1.54, 1.807) is 30.3 Å². The summed E-state index contributed by atoms with van der Waals surface area (Å²) in [5, 5.41) is 11.1. The highest BCUT2D eigenvalue weighted by Gasteiger charge is 2.23. The van der Waals surface area contributed by atoms with Crippen molar-refractivity contribution in [2.45, 2.75) is 12.3 Å². The molecule has 2 aromatic carbocycles. The van der Waals surface area contributed by atoms with Crippen LogP contribution < -0.4 is 0 Å². The Morgan fingerprint density at radius 1 is 1.14 bits per heavy atom. The summed E-state index contributed by atoms with van der Waals surface area (Å²) >= 11 is 0. The molecule has 10 heteroatoms. The molecule has 0 saturated carbocycles. The van der Waals surface area contributed by atoms with E-state index in [9.17, 15) is 17.6 Å². The lowest BCUT2D eigenvalue weighted by Crippen LogP contribution is -2.32. The monoisotopic (exact) mass is 403 g/mol. The molecule has 1 aromatic heterocycles. The van der Waals surface area contributed by atoms with E-state index < -0.39 is 33.1 Å². The quantitative estimate of drug-likeness (QED) is 0.591. The molecule has 0 N–H and O–H groups in total. The van der Waals surface area contributed by atoms with Gasteiger partial charge in [-0.05, 0) is 40.3 Å². The van der Waals surface area contributed by atoms with Crippen molar-refractivity contribution in [3.8, 4) is 5.69 Å². The molecule has 146 valence electrons. The van der Waals surface area contributed by atoms with Crippen LogP contribution in [-0.4, -0.2) is 52.2 Å². The van der Waals surface area contributed by atoms with Gasteiger partial charge in [0.2, 0.25) is 5.91 Å². The molecule has 0 bridgehead atoms. The molecular formula is C18H18FN5O3S. The molecule has 0 radical (unpaired) electrons. The normalized spacial score (nSPS) is 11.4. The standard InChI is InChI=1S/C18H18FN5O3S/c1-23(11-14-6-5-7-15(19)10-14)18(25)13-28(26,27)12-17-20-21-22-24(17)16-8-3-2-4-9-16/h2-10H,11-13H2,1H3. The molecule has 3 aromatic rings. The van der Waals surface area contributed by atoms with Crippen LogP contribution in [0.25, 0.3) is 5.69 Å². The summed E-state index contributed by atoms with van der Waals surface area (Å²) in [6.45, 7) is 0.105. The number of carbonyl (C=O) groups is 1. The summed E-state index contributed by atoms with van der Waals surface area (Å²) in [5.41, 5.74) is 1.19. The molecule has 3 rings (SSSR count). The number of hydrogen-bond donors (Lipinski definition) is 0. The summed E-state index contributed by atoms with van der Waals surface area (Å²) in [5.74, 6) is -2.07. The van der Waals surface area contributed by atoms with Crippen molar-refractivity contribution in [2.24, 2.45) is 0 Å². The molecule has 0 aliphatic carbocycles. The number of benzene rings is 2. The minimum Gasteiger partial charge on any atom is -0.341 e. The Labute approximate surface area is 161 Å². The molecular weight excluding hydrogens is 385 g/mol. The van der Waals surface area contributed by atoms with Crippen LogP contribution in [0.15, 0.2) is 54.6 Å². The summed E-state index contributed by atoms with van der Waals surface area (Å²) in [4.78, 5) is 13.6. The van der Waals surface area contributed by atoms with Gasteiger partial charge in [0.15, 0.2) is 15.7 Å². The topological polar surface area (TPSA) is 98.1 Å². The third kappa shape index (κ3) is 4.97. The molecule has 1 amide bonds. The van der Waals surface area contributed by atoms with Gasteiger partial charge in [-0.15, -0.1) is 5.10 Å². The Bertz CT molecular complexity index is 1070. The number of tetrazole rings is 1. The smallest absolute Gasteiger partial charge is 0.237 e. The van der Waals surface area contributed by atoms with Crippen LogP contribution in [0.1, 0.15) is 11.4 Å². The molecule has 0 aliphatic heterocycles. The van der Waals surface area contributed by atoms with E-state index in [0.717, 1.165) is 0 Å². The van der Waals surface area contributed by atoms with Gasteiger partial charge in [-0.25, -0.2) is 12.8 Å². The van der Waals surface area contributed by atoms with E-state index in [-0.39, 0.29) is 12.4 Å². The van der Waals surface area contributed by atoms with E-state index in [0.29, 0.717) is 11.3 Å². The number of halogens is 1. The van der Waals surface area contributed by atoms with Gasteiger partial charge in [-0.3, -0.25) is 4.79 Å². The van der Waals surface area contributed by atoms with Crippen LogP contribution >= 0.6 is 0 Å². The van der Waals surface area contributed by atoms with E-state index in [1.807, 2.05) is 6.07 Å². The summed E-state index contributed by atoms with van der Waals surface area (Å²) < 4.78 is 39.5. The molecule has 0 fully saturated rings. The second-order valence-electron chi connectivity index (χ2n) is 6.25. The summed E-state index contributed by atoms with van der Waals surface area (Å²) in [7, 11) is -2.34. The Hall–Kier alpha value is -3.14. The maximum Gasteiger partial charge on any atom is 0.237 e. The number of aromatic nitrogens is 4. The van der Waals surface area contributed by atoms with Crippen molar-refractivity contribution in [1.29, 1.82) is 0 Å². The van der Waals surface area contributed by atoms with Gasteiger partial charge in [0.1, 0.15) is 17.3 Å². The van der Waals surface area contributed by atoms with Crippen LogP contribution in [0.4, 0.5) is 4.39 Å². The number of carbonyl (C=O) groups excluding carboxylic acids is 1. The molecule has 1 heterocycles. The maximum atomic E-state index is 13.3. The van der Waals surface area contributed by atoms with E-state index in [1.165, 1.54) is 34.8 Å². The number of nitrogens with zero attached hydrogens (tertiary/aromatic N) is 5. The first-order chi connectivity index (χ1) is 13.3. The molecule has 0 atom stereocenters. The minimum atomic E-state index is -3.81. The molecule has 28 heavy (non-hydrogen) atoms. The first-order valence-corrected chi connectivity index (χ1v) is 10.2. The van der Waals surface area contributed by atoms with E-state index in [2.05, 4.69) is 15.5 Å². The van der Waals surface area contributed by atoms with Crippen LogP contribution in [0.3, 0.4) is 0 Å². The van der Waals surface area contributed by atoms with Gasteiger partial charge in [-0.2, -0.15) is 4.68 Å². The Morgan fingerprint density at radius 3 is 2.61 bits per heavy atom. The zero-order valence-corrected chi connectivity index (χ0v) is 15.9. The van der Waals surface area contributed by atoms with Crippen LogP contribution in [0, 0.1) is 5.82 Å². The molecule has 8 nitrogen and oxygen atoms in total. The summed E-state index contributed by atoms with van der Waals surface area (Å²) in [6.07, 6.45) is 0. The third-order valence-corrected chi connectivity index (χ3v) is 5.35. The zero-order chi connectivity index (χ0) is 20.1.